The van der Waals surface area contributed by atoms with E-state index in [4.69, 9.17) is 13.8 Å². The molecule has 0 radical (unpaired) electrons. The van der Waals surface area contributed by atoms with Gasteiger partial charge in [-0.05, 0) is 63.5 Å². The minimum absolute atomic E-state index is 0.0446. The Hall–Kier alpha value is -7.76. The van der Waals surface area contributed by atoms with Gasteiger partial charge in [0, 0.05) is 25.7 Å². The van der Waals surface area contributed by atoms with Gasteiger partial charge in [-0.25, -0.2) is 0 Å². The number of aromatic nitrogens is 4. The molecule has 4 heterocycles. The second kappa shape index (κ2) is 17.6. The normalized spacial score (nSPS) is 14.3. The summed E-state index contributed by atoms with van der Waals surface area (Å²) in [5, 5.41) is 2.02. The van der Waals surface area contributed by atoms with Gasteiger partial charge in [0.05, 0.1) is 5.41 Å². The topological polar surface area (TPSA) is 36.9 Å². The average molecular weight is 1200 g/mol. The smallest absolute Gasteiger partial charge is 0.0894 e. The summed E-state index contributed by atoms with van der Waals surface area (Å²) >= 11 is 4.30. The minimum atomic E-state index is -2.44. The summed E-state index contributed by atoms with van der Waals surface area (Å²) in [5.74, 6) is 1.81. The molecular weight excluding hydrogens is 1140 g/mol. The first-order valence-corrected chi connectivity index (χ1v) is 28.2. The number of rotatable bonds is 6. The van der Waals surface area contributed by atoms with E-state index in [0.717, 1.165) is 53.6 Å². The fourth-order valence-corrected chi connectivity index (χ4v) is 14.4. The Balaban J connectivity index is 0.964. The van der Waals surface area contributed by atoms with E-state index in [0.29, 0.717) is 22.9 Å². The number of aryl methyl sites for hydroxylation is 1. The maximum absolute atomic E-state index is 8.93. The van der Waals surface area contributed by atoms with Gasteiger partial charge in [-0.15, -0.1) is 0 Å². The maximum atomic E-state index is 8.93. The summed E-state index contributed by atoms with van der Waals surface area (Å²) < 4.78 is 41.6. The van der Waals surface area contributed by atoms with Gasteiger partial charge < -0.3 is 0 Å². The number of hydrogen-bond acceptors (Lipinski definition) is 3. The number of benzene rings is 9. The molecule has 1 aliphatic carbocycles. The van der Waals surface area contributed by atoms with Crippen LogP contribution < -0.4 is 4.74 Å². The fourth-order valence-electron chi connectivity index (χ4n) is 12.1. The van der Waals surface area contributed by atoms with E-state index in [9.17, 15) is 0 Å². The number of nitrogens with zero attached hydrogens (tertiary/aromatic N) is 4. The molecule has 9 aromatic carbocycles. The van der Waals surface area contributed by atoms with E-state index in [1.165, 1.54) is 54.3 Å². The van der Waals surface area contributed by atoms with Crippen LogP contribution in [0, 0.1) is 10.7 Å². The average Bonchev–Trinajstić information content (AvgIpc) is 4.20. The quantitative estimate of drug-likeness (QED) is 0.166. The summed E-state index contributed by atoms with van der Waals surface area (Å²) in [6.45, 7) is 11.3. The molecule has 3 aromatic heterocycles. The number of hydrogen-bond donors (Lipinski definition) is 0. The molecule has 0 amide bonds. The second-order valence-corrected chi connectivity index (χ2v) is 24.6. The van der Waals surface area contributed by atoms with Crippen LogP contribution in [0.5, 0.6) is 11.5 Å². The Morgan fingerprint density at radius 3 is 1.78 bits per heavy atom. The molecule has 0 fully saturated rings. The molecule has 77 heavy (non-hydrogen) atoms. The standard InChI is InChI=1S/C70H56N4OS.Pt/c1-44-34-67(71-42-56(44)45-20-9-8-10-21-45)74-63-39-51(75-50-23-19-22-48(38-50)72-43-73(62-29-16-15-28-61(62)72)49-36-46(68(2,3)4)35-47(37-49)69(5,6)7)32-33-53(63)55-40-54-52-24-11-12-25-57(52)70(60(54)41-64(55)74)58-26-13-17-30-65(58)76-66-31-18-14-27-59(66)70;/h8-42H,1-7H3;/i1D3;. The molecule has 14 rings (SSSR count). The van der Waals surface area contributed by atoms with Gasteiger partial charge in [0.15, 0.2) is 0 Å². The Morgan fingerprint density at radius 2 is 1.09 bits per heavy atom. The van der Waals surface area contributed by atoms with Gasteiger partial charge in [0.25, 0.3) is 0 Å². The van der Waals surface area contributed by atoms with Gasteiger partial charge >= 0.3 is 275 Å². The number of pyridine rings is 1. The zero-order chi connectivity index (χ0) is 55.0. The molecule has 0 atom stereocenters. The van der Waals surface area contributed by atoms with Crippen LogP contribution in [0.15, 0.2) is 222 Å². The number of fused-ring (bicyclic) bond motifs is 13. The molecule has 2 aliphatic rings. The third-order valence-electron chi connectivity index (χ3n) is 15.8. The van der Waals surface area contributed by atoms with Gasteiger partial charge in [0.2, 0.25) is 0 Å². The molecule has 0 saturated carbocycles. The van der Waals surface area contributed by atoms with E-state index >= 15 is 0 Å². The van der Waals surface area contributed by atoms with Crippen molar-refractivity contribution in [3.8, 4) is 50.9 Å². The molecule has 7 heteroatoms. The Morgan fingerprint density at radius 1 is 0.481 bits per heavy atom. The molecule has 1 aliphatic heterocycles. The zero-order valence-electron chi connectivity index (χ0n) is 46.6. The molecular formula is C70H56N4OPtS. The fraction of sp³-hybridized carbons (Fsp3) is 0.143. The minimum Gasteiger partial charge on any atom is -0.0894 e. The second-order valence-electron chi connectivity index (χ2n) is 22.5. The number of imidazole rings is 1. The van der Waals surface area contributed by atoms with Crippen molar-refractivity contribution in [2.45, 2.75) is 74.4 Å². The van der Waals surface area contributed by atoms with Crippen molar-refractivity contribution >= 4 is 44.6 Å². The van der Waals surface area contributed by atoms with Crippen molar-refractivity contribution in [2.75, 3.05) is 0 Å². The van der Waals surface area contributed by atoms with E-state index in [2.05, 4.69) is 232 Å². The van der Waals surface area contributed by atoms with Gasteiger partial charge in [0.1, 0.15) is 0 Å². The van der Waals surface area contributed by atoms with Gasteiger partial charge in [-0.3, -0.25) is 0 Å². The van der Waals surface area contributed by atoms with Gasteiger partial charge in [-0.1, -0.05) is 103 Å². The first-order valence-electron chi connectivity index (χ1n) is 27.8. The van der Waals surface area contributed by atoms with Crippen molar-refractivity contribution in [2.24, 2.45) is 0 Å². The molecule has 0 N–H and O–H groups in total. The number of ether oxygens (including phenoxy) is 1. The third-order valence-corrected chi connectivity index (χ3v) is 18.0. The van der Waals surface area contributed by atoms with Crippen LogP contribution in [0.4, 0.5) is 0 Å². The third kappa shape index (κ3) is 7.47. The first-order chi connectivity index (χ1) is 38.5. The van der Waals surface area contributed by atoms with Gasteiger partial charge in [-0.2, -0.15) is 0 Å². The van der Waals surface area contributed by atoms with Crippen LogP contribution in [0.2, 0.25) is 0 Å². The van der Waals surface area contributed by atoms with E-state index in [1.54, 1.807) is 12.3 Å². The van der Waals surface area contributed by atoms with Crippen molar-refractivity contribution in [3.63, 3.8) is 0 Å². The zero-order valence-corrected chi connectivity index (χ0v) is 46.7. The summed E-state index contributed by atoms with van der Waals surface area (Å²) in [6.07, 6.45) is 1.73. The van der Waals surface area contributed by atoms with Crippen LogP contribution >= 0.6 is 11.8 Å². The van der Waals surface area contributed by atoms with Crippen LogP contribution in [0.1, 0.15) is 84.6 Å². The van der Waals surface area contributed by atoms with Crippen LogP contribution in [-0.4, -0.2) is 18.7 Å². The van der Waals surface area contributed by atoms with Crippen molar-refractivity contribution in [1.82, 2.24) is 18.7 Å². The molecule has 0 saturated heterocycles. The Bertz CT molecular complexity index is 4520. The predicted octanol–water partition coefficient (Wildman–Crippen LogP) is 18.2. The van der Waals surface area contributed by atoms with Crippen molar-refractivity contribution in [1.29, 1.82) is 0 Å². The molecule has 0 bridgehead atoms. The Kier molecular flexibility index (Phi) is 10.2. The summed E-state index contributed by atoms with van der Waals surface area (Å²) in [6, 6.07) is 72.9. The SMILES string of the molecule is [2H]C([2H])([2H])c1cc(-n2c3cc(Oc4cccc(-n5[c](=[Pt])n(-c6cc(C(C)(C)C)cc(C(C)(C)C)c6)c6ccccc65)c4)ccc3c3cc4c(cc32)C2(c3ccccc3Sc3ccccc32)c2ccccc2-4)ncc1-c1ccccc1. The summed E-state index contributed by atoms with van der Waals surface area (Å²) in [5.41, 5.74) is 16.8. The van der Waals surface area contributed by atoms with Crippen LogP contribution in [-0.2, 0) is 35.6 Å². The van der Waals surface area contributed by atoms with Crippen LogP contribution in [0.3, 0.4) is 0 Å². The van der Waals surface area contributed by atoms with Crippen LogP contribution in [0.25, 0.3) is 72.3 Å². The molecule has 0 unspecified atom stereocenters. The molecule has 1 spiro atoms. The molecule has 378 valence electrons. The van der Waals surface area contributed by atoms with E-state index in [-0.39, 0.29) is 16.4 Å². The van der Waals surface area contributed by atoms with Crippen molar-refractivity contribution < 1.29 is 28.2 Å². The molecule has 12 aromatic rings. The number of para-hydroxylation sites is 2. The Labute approximate surface area is 469 Å². The monoisotopic (exact) mass is 1200 g/mol. The van der Waals surface area contributed by atoms with E-state index < -0.39 is 12.3 Å². The van der Waals surface area contributed by atoms with Crippen molar-refractivity contribution in [3.05, 3.63) is 255 Å². The summed E-state index contributed by atoms with van der Waals surface area (Å²) in [7, 11) is 0. The predicted molar refractivity (Wildman–Crippen MR) is 313 cm³/mol. The first kappa shape index (κ1) is 44.4. The summed E-state index contributed by atoms with van der Waals surface area (Å²) in [4.78, 5) is 7.64. The van der Waals surface area contributed by atoms with E-state index in [1.807, 2.05) is 54.2 Å². The molecule has 5 nitrogen and oxygen atoms in total.